The van der Waals surface area contributed by atoms with Gasteiger partial charge in [-0.25, -0.2) is 0 Å². The number of methoxy groups -OCH3 is 2. The van der Waals surface area contributed by atoms with E-state index in [1.54, 1.807) is 14.2 Å². The number of nitrogens with zero attached hydrogens (tertiary/aromatic N) is 1. The molecule has 2 aromatic carbocycles. The summed E-state index contributed by atoms with van der Waals surface area (Å²) in [7, 11) is 3.30. The van der Waals surface area contributed by atoms with Crippen LogP contribution in [0.1, 0.15) is 49.4 Å². The van der Waals surface area contributed by atoms with E-state index in [9.17, 15) is 4.79 Å². The van der Waals surface area contributed by atoms with Crippen LogP contribution in [0.15, 0.2) is 35.3 Å². The molecule has 30 heavy (non-hydrogen) atoms. The van der Waals surface area contributed by atoms with Gasteiger partial charge in [0.1, 0.15) is 17.3 Å². The molecule has 1 N–H and O–H groups in total. The first-order valence-corrected chi connectivity index (χ1v) is 10.4. The molecule has 0 spiro atoms. The fraction of sp³-hybridized carbons (Fsp3) is 0.440. The maximum Gasteiger partial charge on any atom is 0.144 e. The lowest BCUT2D eigenvalue weighted by molar-refractivity contribution is -0.124. The second kappa shape index (κ2) is 7.46. The third kappa shape index (κ3) is 3.57. The third-order valence-corrected chi connectivity index (χ3v) is 6.31. The fourth-order valence-electron chi connectivity index (χ4n) is 4.67. The Morgan fingerprint density at radius 3 is 2.47 bits per heavy atom. The van der Waals surface area contributed by atoms with Crippen molar-refractivity contribution in [3.8, 4) is 11.5 Å². The zero-order chi connectivity index (χ0) is 21.6. The second-order valence-electron chi connectivity index (χ2n) is 9.25. The Bertz CT molecular complexity index is 1040. The number of ether oxygens (including phenoxy) is 2. The van der Waals surface area contributed by atoms with E-state index < -0.39 is 0 Å². The number of rotatable bonds is 3. The smallest absolute Gasteiger partial charge is 0.144 e. The molecule has 1 saturated carbocycles. The van der Waals surface area contributed by atoms with Crippen molar-refractivity contribution < 1.29 is 14.3 Å². The SMILES string of the molecule is COc1ccc(OC)c([C@@H]2Nc3cc(C)c(C)cc3N=C3CC(C)(C)CC(=O)C32)c1. The molecule has 2 atom stereocenters. The van der Waals surface area contributed by atoms with Crippen molar-refractivity contribution in [3.05, 3.63) is 47.0 Å². The van der Waals surface area contributed by atoms with Crippen LogP contribution in [0.2, 0.25) is 0 Å². The van der Waals surface area contributed by atoms with E-state index in [1.807, 2.05) is 18.2 Å². The number of Topliss-reactive ketones (excluding diaryl/α,β-unsaturated/α-hetero) is 1. The first kappa shape index (κ1) is 20.5. The van der Waals surface area contributed by atoms with Gasteiger partial charge in [-0.1, -0.05) is 13.8 Å². The highest BCUT2D eigenvalue weighted by atomic mass is 16.5. The normalized spacial score (nSPS) is 22.2. The molecule has 1 heterocycles. The van der Waals surface area contributed by atoms with Gasteiger partial charge >= 0.3 is 0 Å². The number of ketones is 1. The number of aryl methyl sites for hydroxylation is 2. The summed E-state index contributed by atoms with van der Waals surface area (Å²) in [5, 5.41) is 3.66. The van der Waals surface area contributed by atoms with Gasteiger partial charge in [0.15, 0.2) is 0 Å². The Kier molecular flexibility index (Phi) is 5.08. The quantitative estimate of drug-likeness (QED) is 0.724. The van der Waals surface area contributed by atoms with Gasteiger partial charge in [-0.05, 0) is 67.1 Å². The summed E-state index contributed by atoms with van der Waals surface area (Å²) < 4.78 is 11.2. The molecular formula is C25H30N2O3. The first-order valence-electron chi connectivity index (χ1n) is 10.4. The van der Waals surface area contributed by atoms with Crippen LogP contribution < -0.4 is 14.8 Å². The van der Waals surface area contributed by atoms with E-state index in [4.69, 9.17) is 14.5 Å². The summed E-state index contributed by atoms with van der Waals surface area (Å²) in [4.78, 5) is 18.5. The summed E-state index contributed by atoms with van der Waals surface area (Å²) in [6, 6.07) is 9.70. The maximum absolute atomic E-state index is 13.4. The number of benzene rings is 2. The van der Waals surface area contributed by atoms with Gasteiger partial charge in [0.2, 0.25) is 0 Å². The van der Waals surface area contributed by atoms with Crippen LogP contribution in [0.25, 0.3) is 0 Å². The van der Waals surface area contributed by atoms with Gasteiger partial charge in [-0.15, -0.1) is 0 Å². The Morgan fingerprint density at radius 1 is 1.03 bits per heavy atom. The van der Waals surface area contributed by atoms with Gasteiger partial charge in [0, 0.05) is 17.7 Å². The predicted octanol–water partition coefficient (Wildman–Crippen LogP) is 5.57. The lowest BCUT2D eigenvalue weighted by atomic mass is 9.68. The molecule has 0 radical (unpaired) electrons. The third-order valence-electron chi connectivity index (χ3n) is 6.31. The largest absolute Gasteiger partial charge is 0.497 e. The lowest BCUT2D eigenvalue weighted by Gasteiger charge is -2.37. The average molecular weight is 407 g/mol. The zero-order valence-electron chi connectivity index (χ0n) is 18.6. The van der Waals surface area contributed by atoms with Crippen LogP contribution in [0.4, 0.5) is 11.4 Å². The molecule has 5 nitrogen and oxygen atoms in total. The van der Waals surface area contributed by atoms with Crippen molar-refractivity contribution >= 4 is 22.9 Å². The zero-order valence-corrected chi connectivity index (χ0v) is 18.6. The van der Waals surface area contributed by atoms with Crippen molar-refractivity contribution in [2.24, 2.45) is 16.3 Å². The minimum Gasteiger partial charge on any atom is -0.497 e. The minimum atomic E-state index is -0.341. The number of carbonyl (C=O) groups excluding carboxylic acids is 1. The molecule has 2 aromatic rings. The molecule has 0 aromatic heterocycles. The molecule has 1 unspecified atom stereocenters. The maximum atomic E-state index is 13.4. The van der Waals surface area contributed by atoms with Crippen molar-refractivity contribution in [1.82, 2.24) is 0 Å². The Balaban J connectivity index is 1.93. The van der Waals surface area contributed by atoms with Gasteiger partial charge in [-0.2, -0.15) is 0 Å². The van der Waals surface area contributed by atoms with Gasteiger partial charge in [-0.3, -0.25) is 9.79 Å². The summed E-state index contributed by atoms with van der Waals surface area (Å²) >= 11 is 0. The highest BCUT2D eigenvalue weighted by Crippen LogP contribution is 2.47. The predicted molar refractivity (Wildman–Crippen MR) is 120 cm³/mol. The number of hydrogen-bond donors (Lipinski definition) is 1. The van der Waals surface area contributed by atoms with Crippen LogP contribution in [0, 0.1) is 25.2 Å². The second-order valence-corrected chi connectivity index (χ2v) is 9.25. The highest BCUT2D eigenvalue weighted by Gasteiger charge is 2.44. The number of fused-ring (bicyclic) bond motifs is 2. The molecule has 5 heteroatoms. The molecule has 4 rings (SSSR count). The molecule has 158 valence electrons. The fourth-order valence-corrected chi connectivity index (χ4v) is 4.67. The molecule has 0 amide bonds. The van der Waals surface area contributed by atoms with Crippen LogP contribution in [-0.2, 0) is 4.79 Å². The minimum absolute atomic E-state index is 0.0975. The first-order chi connectivity index (χ1) is 14.2. The van der Waals surface area contributed by atoms with Gasteiger partial charge in [0.05, 0.1) is 37.6 Å². The number of anilines is 1. The monoisotopic (exact) mass is 406 g/mol. The lowest BCUT2D eigenvalue weighted by Crippen LogP contribution is -2.42. The van der Waals surface area contributed by atoms with E-state index in [0.717, 1.165) is 40.6 Å². The van der Waals surface area contributed by atoms with Gasteiger partial charge in [0.25, 0.3) is 0 Å². The summed E-state index contributed by atoms with van der Waals surface area (Å²) in [6.45, 7) is 8.48. The Labute approximate surface area is 178 Å². The molecule has 0 bridgehead atoms. The van der Waals surface area contributed by atoms with E-state index in [-0.39, 0.29) is 23.2 Å². The summed E-state index contributed by atoms with van der Waals surface area (Å²) in [5.74, 6) is 1.34. The van der Waals surface area contributed by atoms with Crippen LogP contribution >= 0.6 is 0 Å². The molecule has 1 fully saturated rings. The number of hydrogen-bond acceptors (Lipinski definition) is 5. The van der Waals surface area contributed by atoms with Crippen molar-refractivity contribution in [2.45, 2.75) is 46.6 Å². The van der Waals surface area contributed by atoms with Crippen LogP contribution in [0.5, 0.6) is 11.5 Å². The van der Waals surface area contributed by atoms with E-state index in [0.29, 0.717) is 6.42 Å². The topological polar surface area (TPSA) is 59.9 Å². The number of nitrogens with one attached hydrogen (secondary N) is 1. The molecule has 2 aliphatic rings. The molecule has 0 saturated heterocycles. The van der Waals surface area contributed by atoms with E-state index >= 15 is 0 Å². The van der Waals surface area contributed by atoms with Crippen LogP contribution in [-0.4, -0.2) is 25.7 Å². The van der Waals surface area contributed by atoms with Crippen LogP contribution in [0.3, 0.4) is 0 Å². The highest BCUT2D eigenvalue weighted by molar-refractivity contribution is 6.10. The Hall–Kier alpha value is -2.82. The van der Waals surface area contributed by atoms with Crippen molar-refractivity contribution in [3.63, 3.8) is 0 Å². The molecule has 1 aliphatic carbocycles. The van der Waals surface area contributed by atoms with Crippen molar-refractivity contribution in [2.75, 3.05) is 19.5 Å². The Morgan fingerprint density at radius 2 is 1.77 bits per heavy atom. The standard InChI is InChI=1S/C25H30N2O3/c1-14-9-18-19(10-15(14)2)27-24(17-11-16(29-5)7-8-22(17)30-6)23-20(26-18)12-25(3,4)13-21(23)28/h7-11,23-24,27H,12-13H2,1-6H3/t23?,24-/m0/s1. The summed E-state index contributed by atoms with van der Waals surface area (Å²) in [6.07, 6.45) is 1.33. The van der Waals surface area contributed by atoms with E-state index in [2.05, 4.69) is 45.1 Å². The number of aliphatic imine (C=N–C) groups is 1. The average Bonchev–Trinajstić information content (AvgIpc) is 2.83. The number of carbonyl (C=O) groups is 1. The molecular weight excluding hydrogens is 376 g/mol. The van der Waals surface area contributed by atoms with E-state index in [1.165, 1.54) is 11.1 Å². The van der Waals surface area contributed by atoms with Crippen molar-refractivity contribution in [1.29, 1.82) is 0 Å². The molecule has 1 aliphatic heterocycles. The summed E-state index contributed by atoms with van der Waals surface area (Å²) in [5.41, 5.74) is 5.98. The van der Waals surface area contributed by atoms with Gasteiger partial charge < -0.3 is 14.8 Å².